The van der Waals surface area contributed by atoms with Gasteiger partial charge in [-0.3, -0.25) is 9.69 Å². The highest BCUT2D eigenvalue weighted by Gasteiger charge is 2.33. The molecule has 0 aliphatic carbocycles. The summed E-state index contributed by atoms with van der Waals surface area (Å²) >= 11 is 10.0. The number of anilines is 1. The molecule has 10 heteroatoms. The van der Waals surface area contributed by atoms with Gasteiger partial charge in [-0.15, -0.1) is 0 Å². The molecular formula is C23H16BrNO5S3. The topological polar surface area (TPSA) is 72.9 Å². The maximum absolute atomic E-state index is 13.0. The Balaban J connectivity index is 1.60. The number of ether oxygens (including phenoxy) is 1. The summed E-state index contributed by atoms with van der Waals surface area (Å²) in [6.45, 7) is 0. The summed E-state index contributed by atoms with van der Waals surface area (Å²) < 4.78 is 37.0. The largest absolute Gasteiger partial charge is 0.493 e. The smallest absolute Gasteiger partial charge is 0.339 e. The van der Waals surface area contributed by atoms with Crippen LogP contribution in [0.3, 0.4) is 0 Å². The predicted octanol–water partition coefficient (Wildman–Crippen LogP) is 5.63. The van der Waals surface area contributed by atoms with E-state index in [9.17, 15) is 13.2 Å². The number of amides is 1. The highest BCUT2D eigenvalue weighted by Crippen LogP contribution is 2.38. The number of methoxy groups -OCH3 is 1. The van der Waals surface area contributed by atoms with Crippen molar-refractivity contribution in [1.82, 2.24) is 0 Å². The van der Waals surface area contributed by atoms with Gasteiger partial charge in [0.25, 0.3) is 5.91 Å². The number of benzene rings is 3. The zero-order valence-corrected chi connectivity index (χ0v) is 21.1. The van der Waals surface area contributed by atoms with Crippen molar-refractivity contribution in [3.05, 3.63) is 87.7 Å². The Morgan fingerprint density at radius 1 is 1.00 bits per heavy atom. The average molecular weight is 562 g/mol. The number of thiocarbonyl (C=S) groups is 1. The Kier molecular flexibility index (Phi) is 6.89. The zero-order chi connectivity index (χ0) is 23.6. The zero-order valence-electron chi connectivity index (χ0n) is 17.1. The fourth-order valence-electron chi connectivity index (χ4n) is 3.05. The molecule has 6 nitrogen and oxygen atoms in total. The average Bonchev–Trinajstić information content (AvgIpc) is 3.07. The van der Waals surface area contributed by atoms with Gasteiger partial charge in [0.15, 0.2) is 15.8 Å². The molecule has 168 valence electrons. The van der Waals surface area contributed by atoms with Crippen LogP contribution in [-0.2, 0) is 14.9 Å². The molecule has 0 N–H and O–H groups in total. The van der Waals surface area contributed by atoms with Crippen LogP contribution < -0.4 is 13.8 Å². The van der Waals surface area contributed by atoms with Crippen molar-refractivity contribution in [1.29, 1.82) is 0 Å². The second-order valence-corrected chi connectivity index (χ2v) is 10.9. The molecule has 3 aromatic rings. The molecule has 33 heavy (non-hydrogen) atoms. The predicted molar refractivity (Wildman–Crippen MR) is 137 cm³/mol. The highest BCUT2D eigenvalue weighted by atomic mass is 79.9. The number of halogens is 1. The van der Waals surface area contributed by atoms with Gasteiger partial charge in [0.05, 0.1) is 17.7 Å². The van der Waals surface area contributed by atoms with Gasteiger partial charge in [0.1, 0.15) is 4.90 Å². The number of carbonyl (C=O) groups is 1. The third-order valence-electron chi connectivity index (χ3n) is 4.58. The van der Waals surface area contributed by atoms with Gasteiger partial charge in [-0.2, -0.15) is 8.42 Å². The minimum Gasteiger partial charge on any atom is -0.493 e. The Bertz CT molecular complexity index is 1370. The number of carbonyl (C=O) groups excluding carboxylic acids is 1. The van der Waals surface area contributed by atoms with Crippen LogP contribution in [-0.4, -0.2) is 25.8 Å². The number of hydrogen-bond donors (Lipinski definition) is 0. The molecule has 1 aliphatic heterocycles. The summed E-state index contributed by atoms with van der Waals surface area (Å²) in [4.78, 5) is 14.9. The van der Waals surface area contributed by atoms with Crippen LogP contribution in [0, 0.1) is 0 Å². The molecule has 0 bridgehead atoms. The molecule has 0 aromatic heterocycles. The van der Waals surface area contributed by atoms with Gasteiger partial charge < -0.3 is 8.92 Å². The van der Waals surface area contributed by atoms with Crippen LogP contribution in [0.1, 0.15) is 5.56 Å². The molecule has 0 unspecified atom stereocenters. The second kappa shape index (κ2) is 9.68. The van der Waals surface area contributed by atoms with Crippen molar-refractivity contribution < 1.29 is 22.1 Å². The van der Waals surface area contributed by atoms with Crippen molar-refractivity contribution in [3.63, 3.8) is 0 Å². The van der Waals surface area contributed by atoms with Crippen molar-refractivity contribution in [2.45, 2.75) is 4.90 Å². The molecule has 1 amide bonds. The number of hydrogen-bond acceptors (Lipinski definition) is 7. The normalized spacial score (nSPS) is 15.2. The van der Waals surface area contributed by atoms with E-state index in [0.717, 1.165) is 4.47 Å². The first-order valence-electron chi connectivity index (χ1n) is 9.49. The minimum absolute atomic E-state index is 0.0346. The van der Waals surface area contributed by atoms with E-state index in [-0.39, 0.29) is 22.3 Å². The molecule has 1 saturated heterocycles. The molecule has 1 aliphatic rings. The minimum atomic E-state index is -4.02. The first kappa shape index (κ1) is 23.5. The summed E-state index contributed by atoms with van der Waals surface area (Å²) in [5, 5.41) is 0. The quantitative estimate of drug-likeness (QED) is 0.219. The third kappa shape index (κ3) is 5.14. The molecule has 3 aromatic carbocycles. The van der Waals surface area contributed by atoms with Crippen LogP contribution in [0.4, 0.5) is 5.69 Å². The van der Waals surface area contributed by atoms with E-state index in [0.29, 0.717) is 20.5 Å². The van der Waals surface area contributed by atoms with Gasteiger partial charge in [-0.1, -0.05) is 70.2 Å². The van der Waals surface area contributed by atoms with E-state index >= 15 is 0 Å². The summed E-state index contributed by atoms with van der Waals surface area (Å²) in [5.41, 5.74) is 1.30. The maximum atomic E-state index is 13.0. The summed E-state index contributed by atoms with van der Waals surface area (Å²) in [5.74, 6) is 0.0139. The lowest BCUT2D eigenvalue weighted by molar-refractivity contribution is -0.113. The maximum Gasteiger partial charge on any atom is 0.339 e. The fraction of sp³-hybridized carbons (Fsp3) is 0.0435. The molecule has 0 atom stereocenters. The third-order valence-corrected chi connectivity index (χ3v) is 7.62. The molecule has 0 saturated carbocycles. The standard InChI is InChI=1S/C23H16BrNO5S3/c1-29-20-12-15(10-11-19(20)30-33(27,28)18-8-3-2-4-9-18)13-21-22(26)25(23(31)32-21)17-7-5-6-16(24)14-17/h2-14H,1H3/b21-13-. The molecule has 1 fully saturated rings. The number of nitrogens with zero attached hydrogens (tertiary/aromatic N) is 1. The molecule has 4 rings (SSSR count). The number of rotatable bonds is 6. The van der Waals surface area contributed by atoms with Gasteiger partial charge in [-0.05, 0) is 54.1 Å². The van der Waals surface area contributed by atoms with Crippen molar-refractivity contribution in [2.75, 3.05) is 12.0 Å². The van der Waals surface area contributed by atoms with Crippen LogP contribution in [0.15, 0.2) is 87.1 Å². The van der Waals surface area contributed by atoms with E-state index in [4.69, 9.17) is 21.1 Å². The monoisotopic (exact) mass is 561 g/mol. The van der Waals surface area contributed by atoms with Crippen LogP contribution in [0.25, 0.3) is 6.08 Å². The van der Waals surface area contributed by atoms with E-state index < -0.39 is 10.1 Å². The molecule has 1 heterocycles. The molecule has 0 spiro atoms. The molecular weight excluding hydrogens is 546 g/mol. The van der Waals surface area contributed by atoms with E-state index in [2.05, 4.69) is 15.9 Å². The first-order valence-corrected chi connectivity index (χ1v) is 12.9. The number of thioether (sulfide) groups is 1. The molecule has 0 radical (unpaired) electrons. The Morgan fingerprint density at radius 2 is 1.76 bits per heavy atom. The van der Waals surface area contributed by atoms with Crippen molar-refractivity contribution in [3.8, 4) is 11.5 Å². The SMILES string of the molecule is COc1cc(/C=C2\SC(=S)N(c3cccc(Br)c3)C2=O)ccc1OS(=O)(=O)c1ccccc1. The fourth-order valence-corrected chi connectivity index (χ4v) is 5.70. The first-order chi connectivity index (χ1) is 15.8. The van der Waals surface area contributed by atoms with Crippen LogP contribution in [0.2, 0.25) is 0 Å². The Labute approximate surface area is 209 Å². The Hall–Kier alpha value is -2.66. The van der Waals surface area contributed by atoms with Crippen LogP contribution in [0.5, 0.6) is 11.5 Å². The van der Waals surface area contributed by atoms with Crippen molar-refractivity contribution >= 4 is 72.0 Å². The highest BCUT2D eigenvalue weighted by molar-refractivity contribution is 9.10. The summed E-state index contributed by atoms with van der Waals surface area (Å²) in [7, 11) is -2.61. The van der Waals surface area contributed by atoms with E-state index in [1.165, 1.54) is 42.0 Å². The van der Waals surface area contributed by atoms with Gasteiger partial charge in [-0.25, -0.2) is 0 Å². The van der Waals surface area contributed by atoms with Gasteiger partial charge in [0, 0.05) is 4.47 Å². The summed E-state index contributed by atoms with van der Waals surface area (Å²) in [6.07, 6.45) is 1.68. The lowest BCUT2D eigenvalue weighted by atomic mass is 10.2. The van der Waals surface area contributed by atoms with Crippen molar-refractivity contribution in [2.24, 2.45) is 0 Å². The summed E-state index contributed by atoms with van der Waals surface area (Å²) in [6, 6.07) is 19.9. The lowest BCUT2D eigenvalue weighted by Gasteiger charge is -2.14. The van der Waals surface area contributed by atoms with E-state index in [1.54, 1.807) is 42.5 Å². The van der Waals surface area contributed by atoms with Crippen LogP contribution >= 0.6 is 39.9 Å². The van der Waals surface area contributed by atoms with E-state index in [1.807, 2.05) is 18.2 Å². The van der Waals surface area contributed by atoms with Gasteiger partial charge >= 0.3 is 10.1 Å². The lowest BCUT2D eigenvalue weighted by Crippen LogP contribution is -2.27. The van der Waals surface area contributed by atoms with Gasteiger partial charge in [0.2, 0.25) is 0 Å². The Morgan fingerprint density at radius 3 is 2.45 bits per heavy atom. The second-order valence-electron chi connectivity index (χ2n) is 6.76.